The molecular weight excluding hydrogens is 493 g/mol. The van der Waals surface area contributed by atoms with Crippen LogP contribution in [-0.4, -0.2) is 6.54 Å². The minimum Gasteiger partial charge on any atom is -0.489 e. The molecule has 0 bridgehead atoms. The van der Waals surface area contributed by atoms with Crippen molar-refractivity contribution in [2.45, 2.75) is 26.5 Å². The summed E-state index contributed by atoms with van der Waals surface area (Å²) in [5.74, 6) is 0.890. The molecule has 0 radical (unpaired) electrons. The van der Waals surface area contributed by atoms with Gasteiger partial charge in [0.15, 0.2) is 0 Å². The Bertz CT molecular complexity index is 932. The van der Waals surface area contributed by atoms with Crippen LogP contribution in [0.3, 0.4) is 0 Å². The lowest BCUT2D eigenvalue weighted by Gasteiger charge is -2.13. The Balaban J connectivity index is 0.00000300. The highest BCUT2D eigenvalue weighted by atomic mass is 79.9. The maximum Gasteiger partial charge on any atom is 0.124 e. The van der Waals surface area contributed by atoms with E-state index in [2.05, 4.69) is 58.5 Å². The highest BCUT2D eigenvalue weighted by Gasteiger charge is 2.06. The zero-order valence-corrected chi connectivity index (χ0v) is 20.0. The van der Waals surface area contributed by atoms with Gasteiger partial charge in [-0.2, -0.15) is 0 Å². The molecular formula is C23H23BrCl3NO. The van der Waals surface area contributed by atoms with Crippen LogP contribution in [0.1, 0.15) is 22.3 Å². The summed E-state index contributed by atoms with van der Waals surface area (Å²) < 4.78 is 7.10. The fourth-order valence-electron chi connectivity index (χ4n) is 2.84. The van der Waals surface area contributed by atoms with Crippen molar-refractivity contribution in [1.29, 1.82) is 0 Å². The first kappa shape index (κ1) is 24.0. The quantitative estimate of drug-likeness (QED) is 0.316. The lowest BCUT2D eigenvalue weighted by Crippen LogP contribution is -2.17. The molecule has 3 aromatic rings. The molecule has 3 rings (SSSR count). The molecule has 29 heavy (non-hydrogen) atoms. The van der Waals surface area contributed by atoms with E-state index >= 15 is 0 Å². The Kier molecular flexibility index (Phi) is 9.81. The highest BCUT2D eigenvalue weighted by molar-refractivity contribution is 9.10. The molecule has 0 saturated heterocycles. The van der Waals surface area contributed by atoms with E-state index in [9.17, 15) is 0 Å². The molecule has 0 aromatic heterocycles. The third-order valence-corrected chi connectivity index (χ3v) is 5.52. The number of hydrogen-bond donors (Lipinski definition) is 1. The van der Waals surface area contributed by atoms with Gasteiger partial charge in [0.2, 0.25) is 0 Å². The molecule has 0 amide bonds. The van der Waals surface area contributed by atoms with Gasteiger partial charge >= 0.3 is 0 Å². The second-order valence-electron chi connectivity index (χ2n) is 6.69. The fraction of sp³-hybridized carbons (Fsp3) is 0.217. The lowest BCUT2D eigenvalue weighted by atomic mass is 10.1. The normalized spacial score (nSPS) is 10.5. The van der Waals surface area contributed by atoms with Crippen molar-refractivity contribution in [2.24, 2.45) is 0 Å². The first-order chi connectivity index (χ1) is 13.5. The number of halogens is 4. The molecule has 3 aromatic carbocycles. The number of aryl methyl sites for hydroxylation is 1. The summed E-state index contributed by atoms with van der Waals surface area (Å²) in [5.41, 5.74) is 4.61. The van der Waals surface area contributed by atoms with Crippen molar-refractivity contribution in [3.8, 4) is 5.75 Å². The Labute approximate surface area is 197 Å². The van der Waals surface area contributed by atoms with E-state index in [0.717, 1.165) is 39.9 Å². The number of nitrogens with one attached hydrogen (secondary N) is 1. The Morgan fingerprint density at radius 1 is 0.931 bits per heavy atom. The van der Waals surface area contributed by atoms with Gasteiger partial charge in [-0.25, -0.2) is 0 Å². The first-order valence-electron chi connectivity index (χ1n) is 9.12. The van der Waals surface area contributed by atoms with E-state index in [1.54, 1.807) is 6.07 Å². The van der Waals surface area contributed by atoms with Crippen LogP contribution in [0.15, 0.2) is 65.1 Å². The second-order valence-corrected chi connectivity index (χ2v) is 8.45. The van der Waals surface area contributed by atoms with Gasteiger partial charge in [-0.1, -0.05) is 75.0 Å². The van der Waals surface area contributed by atoms with E-state index in [0.29, 0.717) is 23.2 Å². The third-order valence-electron chi connectivity index (χ3n) is 4.44. The van der Waals surface area contributed by atoms with Gasteiger partial charge in [0, 0.05) is 26.6 Å². The molecule has 0 spiro atoms. The number of ether oxygens (including phenoxy) is 1. The van der Waals surface area contributed by atoms with Crippen LogP contribution in [0.25, 0.3) is 0 Å². The molecule has 154 valence electrons. The molecule has 0 aliphatic rings. The predicted molar refractivity (Wildman–Crippen MR) is 129 cm³/mol. The van der Waals surface area contributed by atoms with Crippen molar-refractivity contribution in [3.63, 3.8) is 0 Å². The number of benzene rings is 3. The SMILES string of the molecule is Cc1ccc(COc2ccc(Br)cc2CNCCc2ccc(Cl)cc2Cl)cc1.Cl. The largest absolute Gasteiger partial charge is 0.489 e. The minimum atomic E-state index is 0. The molecule has 0 aliphatic heterocycles. The first-order valence-corrected chi connectivity index (χ1v) is 10.7. The van der Waals surface area contributed by atoms with Crippen molar-refractivity contribution in [3.05, 3.63) is 97.4 Å². The molecule has 0 aliphatic carbocycles. The number of rotatable bonds is 8. The monoisotopic (exact) mass is 513 g/mol. The molecule has 0 atom stereocenters. The van der Waals surface area contributed by atoms with Crippen LogP contribution < -0.4 is 10.1 Å². The molecule has 0 fully saturated rings. The van der Waals surface area contributed by atoms with Crippen molar-refractivity contribution in [1.82, 2.24) is 5.32 Å². The molecule has 1 N–H and O–H groups in total. The average molecular weight is 516 g/mol. The highest BCUT2D eigenvalue weighted by Crippen LogP contribution is 2.25. The van der Waals surface area contributed by atoms with E-state index in [-0.39, 0.29) is 12.4 Å². The summed E-state index contributed by atoms with van der Waals surface area (Å²) in [6.45, 7) is 4.16. The van der Waals surface area contributed by atoms with Crippen molar-refractivity contribution < 1.29 is 4.74 Å². The van der Waals surface area contributed by atoms with E-state index < -0.39 is 0 Å². The lowest BCUT2D eigenvalue weighted by molar-refractivity contribution is 0.302. The zero-order chi connectivity index (χ0) is 19.9. The van der Waals surface area contributed by atoms with Crippen LogP contribution in [0.5, 0.6) is 5.75 Å². The van der Waals surface area contributed by atoms with E-state index in [4.69, 9.17) is 27.9 Å². The number of hydrogen-bond acceptors (Lipinski definition) is 2. The van der Waals surface area contributed by atoms with Crippen LogP contribution in [0.4, 0.5) is 0 Å². The van der Waals surface area contributed by atoms with Crippen molar-refractivity contribution >= 4 is 51.5 Å². The summed E-state index contributed by atoms with van der Waals surface area (Å²) in [4.78, 5) is 0. The maximum absolute atomic E-state index is 6.24. The summed E-state index contributed by atoms with van der Waals surface area (Å²) in [5, 5.41) is 4.84. The van der Waals surface area contributed by atoms with Gasteiger partial charge in [-0.3, -0.25) is 0 Å². The summed E-state index contributed by atoms with van der Waals surface area (Å²) in [6.07, 6.45) is 0.837. The molecule has 0 heterocycles. The van der Waals surface area contributed by atoms with Crippen LogP contribution in [-0.2, 0) is 19.6 Å². The summed E-state index contributed by atoms with van der Waals surface area (Å²) >= 11 is 15.7. The van der Waals surface area contributed by atoms with Gasteiger partial charge in [0.1, 0.15) is 12.4 Å². The molecule has 2 nitrogen and oxygen atoms in total. The van der Waals surface area contributed by atoms with E-state index in [1.165, 1.54) is 5.56 Å². The van der Waals surface area contributed by atoms with Gasteiger partial charge in [0.25, 0.3) is 0 Å². The predicted octanol–water partition coefficient (Wildman–Crippen LogP) is 7.40. The van der Waals surface area contributed by atoms with Gasteiger partial charge in [-0.05, 0) is 61.3 Å². The molecule has 0 saturated carbocycles. The third kappa shape index (κ3) is 7.51. The van der Waals surface area contributed by atoms with Crippen LogP contribution in [0.2, 0.25) is 10.0 Å². The summed E-state index contributed by atoms with van der Waals surface area (Å²) in [6, 6.07) is 20.1. The Morgan fingerprint density at radius 3 is 2.41 bits per heavy atom. The standard InChI is InChI=1S/C23H22BrCl2NO.ClH/c1-16-2-4-17(5-3-16)15-28-23-9-7-20(24)12-19(23)14-27-11-10-18-6-8-21(25)13-22(18)26;/h2-9,12-13,27H,10-11,14-15H2,1H3;1H. The molecule has 0 unspecified atom stereocenters. The van der Waals surface area contributed by atoms with Gasteiger partial charge in [0.05, 0.1) is 0 Å². The fourth-order valence-corrected chi connectivity index (χ4v) is 3.75. The van der Waals surface area contributed by atoms with E-state index in [1.807, 2.05) is 24.3 Å². The van der Waals surface area contributed by atoms with Gasteiger partial charge < -0.3 is 10.1 Å². The second kappa shape index (κ2) is 11.8. The Morgan fingerprint density at radius 2 is 1.69 bits per heavy atom. The van der Waals surface area contributed by atoms with Gasteiger partial charge in [-0.15, -0.1) is 12.4 Å². The van der Waals surface area contributed by atoms with Crippen LogP contribution >= 0.6 is 51.5 Å². The van der Waals surface area contributed by atoms with Crippen LogP contribution in [0, 0.1) is 6.92 Å². The summed E-state index contributed by atoms with van der Waals surface area (Å²) in [7, 11) is 0. The average Bonchev–Trinajstić information content (AvgIpc) is 2.67. The minimum absolute atomic E-state index is 0. The smallest absolute Gasteiger partial charge is 0.124 e. The molecule has 6 heteroatoms. The zero-order valence-electron chi connectivity index (χ0n) is 16.1. The topological polar surface area (TPSA) is 21.3 Å². The Hall–Kier alpha value is -1.23. The maximum atomic E-state index is 6.24. The van der Waals surface area contributed by atoms with Crippen molar-refractivity contribution in [2.75, 3.05) is 6.54 Å².